The van der Waals surface area contributed by atoms with E-state index < -0.39 is 15.6 Å². The maximum absolute atomic E-state index is 12.8. The Morgan fingerprint density at radius 3 is 2.50 bits per heavy atom. The normalized spacial score (nSPS) is 11.4. The summed E-state index contributed by atoms with van der Waals surface area (Å²) in [5.74, 6) is -1.21. The number of ketones is 1. The molecule has 0 saturated heterocycles. The van der Waals surface area contributed by atoms with Gasteiger partial charge in [-0.05, 0) is 30.2 Å². The molecule has 88 valence electrons. The van der Waals surface area contributed by atoms with Gasteiger partial charge in [0, 0.05) is 12.7 Å². The number of Topliss-reactive ketones (excluding diaryl/α,β-unsaturated/α-hetero) is 1. The minimum Gasteiger partial charge on any atom is -0.298 e. The molecule has 1 aromatic carbocycles. The van der Waals surface area contributed by atoms with E-state index in [1.165, 1.54) is 18.2 Å². The second-order valence-corrected chi connectivity index (χ2v) is 6.00. The van der Waals surface area contributed by atoms with Crippen molar-refractivity contribution in [2.24, 2.45) is 0 Å². The van der Waals surface area contributed by atoms with Crippen LogP contribution in [0.2, 0.25) is 0 Å². The molecule has 0 N–H and O–H groups in total. The zero-order chi connectivity index (χ0) is 12.3. The van der Waals surface area contributed by atoms with Gasteiger partial charge >= 0.3 is 0 Å². The van der Waals surface area contributed by atoms with Crippen molar-refractivity contribution in [1.82, 2.24) is 0 Å². The number of benzene rings is 1. The van der Waals surface area contributed by atoms with Gasteiger partial charge in [0.15, 0.2) is 15.6 Å². The smallest absolute Gasteiger partial charge is 0.154 e. The lowest BCUT2D eigenvalue weighted by molar-refractivity contribution is -0.116. The molecule has 0 aromatic heterocycles. The molecule has 0 bridgehead atoms. The summed E-state index contributed by atoms with van der Waals surface area (Å²) in [5, 5.41) is 0. The number of aryl methyl sites for hydroxylation is 1. The molecule has 0 atom stereocenters. The maximum Gasteiger partial charge on any atom is 0.154 e. The summed E-state index contributed by atoms with van der Waals surface area (Å²) in [5.41, 5.74) is 1.32. The van der Waals surface area contributed by atoms with E-state index in [9.17, 15) is 17.6 Å². The summed E-state index contributed by atoms with van der Waals surface area (Å²) in [7, 11) is -3.29. The van der Waals surface area contributed by atoms with Crippen LogP contribution in [0.25, 0.3) is 0 Å². The number of halogens is 1. The Balaban J connectivity index is 2.78. The van der Waals surface area contributed by atoms with E-state index in [0.717, 1.165) is 6.26 Å². The molecule has 0 unspecified atom stereocenters. The molecule has 0 fully saturated rings. The number of carbonyl (C=O) groups is 1. The third-order valence-electron chi connectivity index (χ3n) is 2.12. The quantitative estimate of drug-likeness (QED) is 0.802. The van der Waals surface area contributed by atoms with E-state index in [-0.39, 0.29) is 18.0 Å². The van der Waals surface area contributed by atoms with Crippen molar-refractivity contribution in [2.75, 3.05) is 12.0 Å². The lowest BCUT2D eigenvalue weighted by Crippen LogP contribution is -2.16. The van der Waals surface area contributed by atoms with Gasteiger partial charge in [-0.3, -0.25) is 4.79 Å². The Kier molecular flexibility index (Phi) is 3.80. The fourth-order valence-electron chi connectivity index (χ4n) is 1.41. The molecule has 0 aliphatic carbocycles. The third-order valence-corrected chi connectivity index (χ3v) is 2.96. The molecule has 0 aliphatic heterocycles. The lowest BCUT2D eigenvalue weighted by atomic mass is 10.0. The van der Waals surface area contributed by atoms with Crippen LogP contribution in [0.4, 0.5) is 4.39 Å². The van der Waals surface area contributed by atoms with Crippen LogP contribution in [-0.2, 0) is 21.1 Å². The first-order chi connectivity index (χ1) is 7.28. The molecule has 1 aromatic rings. The average Bonchev–Trinajstić information content (AvgIpc) is 2.06. The van der Waals surface area contributed by atoms with Crippen LogP contribution in [0.15, 0.2) is 18.2 Å². The van der Waals surface area contributed by atoms with Gasteiger partial charge in [-0.2, -0.15) is 0 Å². The Hall–Kier alpha value is -1.23. The summed E-state index contributed by atoms with van der Waals surface area (Å²) in [6.07, 6.45) is 1.04. The first kappa shape index (κ1) is 12.8. The predicted molar refractivity (Wildman–Crippen MR) is 59.6 cm³/mol. The van der Waals surface area contributed by atoms with Gasteiger partial charge in [-0.15, -0.1) is 0 Å². The number of hydrogen-bond donors (Lipinski definition) is 0. The van der Waals surface area contributed by atoms with Gasteiger partial charge in [-0.25, -0.2) is 12.8 Å². The summed E-state index contributed by atoms with van der Waals surface area (Å²) in [4.78, 5) is 11.4. The second-order valence-electron chi connectivity index (χ2n) is 3.86. The van der Waals surface area contributed by atoms with E-state index in [0.29, 0.717) is 11.1 Å². The zero-order valence-corrected chi connectivity index (χ0v) is 9.97. The molecular formula is C11H13FO3S. The van der Waals surface area contributed by atoms with Crippen LogP contribution in [0.3, 0.4) is 0 Å². The van der Waals surface area contributed by atoms with Gasteiger partial charge in [0.1, 0.15) is 11.6 Å². The predicted octanol–water partition coefficient (Wildman–Crippen LogP) is 1.29. The van der Waals surface area contributed by atoms with Crippen LogP contribution in [0, 0.1) is 12.7 Å². The first-order valence-corrected chi connectivity index (χ1v) is 6.78. The van der Waals surface area contributed by atoms with Gasteiger partial charge < -0.3 is 0 Å². The van der Waals surface area contributed by atoms with Crippen LogP contribution in [0.5, 0.6) is 0 Å². The Morgan fingerprint density at radius 2 is 2.00 bits per heavy atom. The van der Waals surface area contributed by atoms with Gasteiger partial charge in [0.2, 0.25) is 0 Å². The topological polar surface area (TPSA) is 51.2 Å². The standard InChI is InChI=1S/C11H13FO3S/c1-8-5-10(12)4-3-9(8)6-11(13)7-16(2,14)15/h3-5H,6-7H2,1-2H3. The highest BCUT2D eigenvalue weighted by atomic mass is 32.2. The first-order valence-electron chi connectivity index (χ1n) is 4.72. The van der Waals surface area contributed by atoms with Crippen LogP contribution < -0.4 is 0 Å². The molecule has 16 heavy (non-hydrogen) atoms. The third kappa shape index (κ3) is 4.10. The molecule has 0 saturated carbocycles. The van der Waals surface area contributed by atoms with E-state index in [2.05, 4.69) is 0 Å². The highest BCUT2D eigenvalue weighted by Crippen LogP contribution is 2.11. The fraction of sp³-hybridized carbons (Fsp3) is 0.364. The Morgan fingerprint density at radius 1 is 1.38 bits per heavy atom. The highest BCUT2D eigenvalue weighted by molar-refractivity contribution is 7.91. The van der Waals surface area contributed by atoms with E-state index in [4.69, 9.17) is 0 Å². The minimum atomic E-state index is -3.29. The largest absolute Gasteiger partial charge is 0.298 e. The molecule has 0 spiro atoms. The van der Waals surface area contributed by atoms with Crippen molar-refractivity contribution in [3.63, 3.8) is 0 Å². The average molecular weight is 244 g/mol. The van der Waals surface area contributed by atoms with Crippen LogP contribution in [-0.4, -0.2) is 26.2 Å². The number of rotatable bonds is 4. The van der Waals surface area contributed by atoms with Crippen molar-refractivity contribution in [1.29, 1.82) is 0 Å². The van der Waals surface area contributed by atoms with E-state index >= 15 is 0 Å². The summed E-state index contributed by atoms with van der Waals surface area (Å²) in [6.45, 7) is 1.69. The number of carbonyl (C=O) groups excluding carboxylic acids is 1. The lowest BCUT2D eigenvalue weighted by Gasteiger charge is -2.04. The molecular weight excluding hydrogens is 231 g/mol. The van der Waals surface area contributed by atoms with E-state index in [1.807, 2.05) is 0 Å². The van der Waals surface area contributed by atoms with E-state index in [1.54, 1.807) is 6.92 Å². The minimum absolute atomic E-state index is 0.0270. The molecule has 1 rings (SSSR count). The van der Waals surface area contributed by atoms with Crippen molar-refractivity contribution in [3.05, 3.63) is 35.1 Å². The van der Waals surface area contributed by atoms with Crippen LogP contribution >= 0.6 is 0 Å². The van der Waals surface area contributed by atoms with Gasteiger partial charge in [0.25, 0.3) is 0 Å². The summed E-state index contributed by atoms with van der Waals surface area (Å²) < 4.78 is 34.6. The van der Waals surface area contributed by atoms with Crippen molar-refractivity contribution >= 4 is 15.6 Å². The molecule has 0 radical (unpaired) electrons. The van der Waals surface area contributed by atoms with Crippen molar-refractivity contribution in [2.45, 2.75) is 13.3 Å². The fourth-order valence-corrected chi connectivity index (χ4v) is 2.10. The summed E-state index contributed by atoms with van der Waals surface area (Å²) >= 11 is 0. The maximum atomic E-state index is 12.8. The van der Waals surface area contributed by atoms with Crippen LogP contribution in [0.1, 0.15) is 11.1 Å². The monoisotopic (exact) mass is 244 g/mol. The Bertz CT molecular complexity index is 506. The van der Waals surface area contributed by atoms with Crippen molar-refractivity contribution in [3.8, 4) is 0 Å². The summed E-state index contributed by atoms with van der Waals surface area (Å²) in [6, 6.07) is 4.09. The van der Waals surface area contributed by atoms with Crippen molar-refractivity contribution < 1.29 is 17.6 Å². The molecule has 0 amide bonds. The number of hydrogen-bond acceptors (Lipinski definition) is 3. The zero-order valence-electron chi connectivity index (χ0n) is 9.16. The molecule has 5 heteroatoms. The molecule has 3 nitrogen and oxygen atoms in total. The van der Waals surface area contributed by atoms with Gasteiger partial charge in [-0.1, -0.05) is 6.07 Å². The highest BCUT2D eigenvalue weighted by Gasteiger charge is 2.12. The number of sulfone groups is 1. The van der Waals surface area contributed by atoms with Gasteiger partial charge in [0.05, 0.1) is 0 Å². The molecule has 0 aliphatic rings. The molecule has 0 heterocycles. The Labute approximate surface area is 94.2 Å². The SMILES string of the molecule is Cc1cc(F)ccc1CC(=O)CS(C)(=O)=O. The second kappa shape index (κ2) is 4.74.